The topological polar surface area (TPSA) is 121 Å². The summed E-state index contributed by atoms with van der Waals surface area (Å²) >= 11 is 2.41. The number of methoxy groups -OCH3 is 1. The van der Waals surface area contributed by atoms with Gasteiger partial charge in [0.25, 0.3) is 5.56 Å². The summed E-state index contributed by atoms with van der Waals surface area (Å²) in [6, 6.07) is 16.4. The molecule has 2 N–H and O–H groups in total. The van der Waals surface area contributed by atoms with Gasteiger partial charge in [-0.1, -0.05) is 53.4 Å². The number of hydrogen-bond donors (Lipinski definition) is 2. The van der Waals surface area contributed by atoms with Crippen LogP contribution < -0.4 is 15.6 Å². The van der Waals surface area contributed by atoms with Crippen molar-refractivity contribution in [1.82, 2.24) is 15.0 Å². The second-order valence-corrected chi connectivity index (χ2v) is 8.26. The Morgan fingerprint density at radius 2 is 2.06 bits per heavy atom. The smallest absolute Gasteiger partial charge is 0.270 e. The number of nitrogens with one attached hydrogen (secondary N) is 2. The number of carbonyl (C=O) groups excluding carboxylic acids is 1. The summed E-state index contributed by atoms with van der Waals surface area (Å²) in [5.74, 6) is 0.446. The van der Waals surface area contributed by atoms with Crippen LogP contribution in [0.5, 0.6) is 5.75 Å². The van der Waals surface area contributed by atoms with E-state index in [0.717, 1.165) is 27.7 Å². The van der Waals surface area contributed by atoms with E-state index in [1.54, 1.807) is 37.4 Å². The maximum absolute atomic E-state index is 12.4. The first-order chi connectivity index (χ1) is 15.1. The molecule has 0 saturated carbocycles. The number of amides is 1. The molecule has 0 aliphatic rings. The fraction of sp³-hybridized carbons (Fsp3) is 0.0952. The molecule has 1 amide bonds. The molecule has 8 nitrogen and oxygen atoms in total. The molecule has 0 aliphatic heterocycles. The van der Waals surface area contributed by atoms with Crippen molar-refractivity contribution in [2.75, 3.05) is 18.2 Å². The summed E-state index contributed by atoms with van der Waals surface area (Å²) in [4.78, 5) is 36.0. The van der Waals surface area contributed by atoms with Gasteiger partial charge in [-0.05, 0) is 18.2 Å². The van der Waals surface area contributed by atoms with Gasteiger partial charge < -0.3 is 15.0 Å². The predicted molar refractivity (Wildman–Crippen MR) is 121 cm³/mol. The first-order valence-electron chi connectivity index (χ1n) is 9.04. The second-order valence-electron chi connectivity index (χ2n) is 6.26. The van der Waals surface area contributed by atoms with Gasteiger partial charge in [-0.25, -0.2) is 9.97 Å². The molecule has 0 atom stereocenters. The van der Waals surface area contributed by atoms with E-state index in [4.69, 9.17) is 4.74 Å². The molecule has 0 fully saturated rings. The molecule has 2 heterocycles. The number of anilines is 1. The predicted octanol–water partition coefficient (Wildman–Crippen LogP) is 3.66. The van der Waals surface area contributed by atoms with E-state index in [-0.39, 0.29) is 28.1 Å². The average molecular weight is 450 g/mol. The molecule has 4 rings (SSSR count). The first kappa shape index (κ1) is 20.6. The minimum Gasteiger partial charge on any atom is -0.497 e. The zero-order valence-electron chi connectivity index (χ0n) is 16.2. The molecule has 0 radical (unpaired) electrons. The second kappa shape index (κ2) is 8.99. The minimum absolute atomic E-state index is 0.0162. The lowest BCUT2D eigenvalue weighted by Gasteiger charge is -2.06. The molecule has 31 heavy (non-hydrogen) atoms. The van der Waals surface area contributed by atoms with Gasteiger partial charge in [-0.2, -0.15) is 5.26 Å². The van der Waals surface area contributed by atoms with Crippen molar-refractivity contribution in [1.29, 1.82) is 5.26 Å². The average Bonchev–Trinajstić information content (AvgIpc) is 3.19. The number of aromatic nitrogens is 3. The summed E-state index contributed by atoms with van der Waals surface area (Å²) in [5, 5.41) is 12.8. The summed E-state index contributed by atoms with van der Waals surface area (Å²) < 4.78 is 6.10. The van der Waals surface area contributed by atoms with Crippen molar-refractivity contribution in [2.24, 2.45) is 0 Å². The number of aromatic amines is 1. The molecular formula is C21H15N5O3S2. The number of thiazole rings is 1. The lowest BCUT2D eigenvalue weighted by atomic mass is 10.1. The Morgan fingerprint density at radius 3 is 2.81 bits per heavy atom. The van der Waals surface area contributed by atoms with E-state index in [1.807, 2.05) is 24.3 Å². The Bertz CT molecular complexity index is 1360. The molecule has 2 aromatic heterocycles. The molecule has 0 unspecified atom stereocenters. The quantitative estimate of drug-likeness (QED) is 0.340. The van der Waals surface area contributed by atoms with Gasteiger partial charge in [0.05, 0.1) is 28.8 Å². The van der Waals surface area contributed by atoms with E-state index >= 15 is 0 Å². The van der Waals surface area contributed by atoms with Gasteiger partial charge in [-0.3, -0.25) is 9.59 Å². The number of nitriles is 1. The molecule has 10 heteroatoms. The summed E-state index contributed by atoms with van der Waals surface area (Å²) in [6.07, 6.45) is 0. The number of nitrogens with zero attached hydrogens (tertiary/aromatic N) is 3. The number of benzene rings is 2. The highest BCUT2D eigenvalue weighted by Gasteiger charge is 2.15. The Morgan fingerprint density at radius 1 is 1.26 bits per heavy atom. The fourth-order valence-electron chi connectivity index (χ4n) is 2.80. The van der Waals surface area contributed by atoms with E-state index in [9.17, 15) is 14.9 Å². The van der Waals surface area contributed by atoms with Crippen LogP contribution in [0.25, 0.3) is 21.5 Å². The van der Waals surface area contributed by atoms with Gasteiger partial charge in [0.1, 0.15) is 17.4 Å². The largest absolute Gasteiger partial charge is 0.497 e. The Balaban J connectivity index is 1.49. The van der Waals surface area contributed by atoms with Crippen LogP contribution in [0.2, 0.25) is 0 Å². The van der Waals surface area contributed by atoms with Crippen LogP contribution in [-0.2, 0) is 4.79 Å². The number of hydrogen-bond acceptors (Lipinski definition) is 8. The standard InChI is InChI=1S/C21H15N5O3S2/c1-29-13-7-8-15-16(9-13)31-21(23-15)24-17(27)11-30-20-25-18(12-5-3-2-4-6-12)14(10-22)19(28)26-20/h2-9H,11H2,1H3,(H,23,24,27)(H,25,26,28). The first-order valence-corrected chi connectivity index (χ1v) is 10.8. The fourth-order valence-corrected chi connectivity index (χ4v) is 4.38. The van der Waals surface area contributed by atoms with Crippen LogP contribution in [0.15, 0.2) is 58.5 Å². The van der Waals surface area contributed by atoms with Gasteiger partial charge in [0, 0.05) is 5.56 Å². The molecule has 0 spiro atoms. The van der Waals surface area contributed by atoms with Crippen LogP contribution in [0.1, 0.15) is 5.56 Å². The Hall–Kier alpha value is -3.68. The van der Waals surface area contributed by atoms with Crippen LogP contribution in [-0.4, -0.2) is 33.7 Å². The van der Waals surface area contributed by atoms with Crippen LogP contribution in [0, 0.1) is 11.3 Å². The lowest BCUT2D eigenvalue weighted by molar-refractivity contribution is -0.113. The molecular weight excluding hydrogens is 434 g/mol. The molecule has 2 aromatic carbocycles. The molecule has 0 aliphatic carbocycles. The highest BCUT2D eigenvalue weighted by molar-refractivity contribution is 7.99. The summed E-state index contributed by atoms with van der Waals surface area (Å²) in [7, 11) is 1.59. The molecule has 0 bridgehead atoms. The maximum Gasteiger partial charge on any atom is 0.270 e. The van der Waals surface area contributed by atoms with Crippen LogP contribution in [0.3, 0.4) is 0 Å². The van der Waals surface area contributed by atoms with E-state index in [0.29, 0.717) is 10.7 Å². The summed E-state index contributed by atoms with van der Waals surface area (Å²) in [6.45, 7) is 0. The highest BCUT2D eigenvalue weighted by atomic mass is 32.2. The van der Waals surface area contributed by atoms with Gasteiger partial charge in [-0.15, -0.1) is 0 Å². The maximum atomic E-state index is 12.4. The molecule has 154 valence electrons. The lowest BCUT2D eigenvalue weighted by Crippen LogP contribution is -2.17. The van der Waals surface area contributed by atoms with E-state index < -0.39 is 5.56 Å². The zero-order chi connectivity index (χ0) is 21.8. The van der Waals surface area contributed by atoms with Gasteiger partial charge >= 0.3 is 0 Å². The Labute approximate surface area is 184 Å². The third-order valence-electron chi connectivity index (χ3n) is 4.24. The molecule has 0 saturated heterocycles. The number of thioether (sulfide) groups is 1. The number of carbonyl (C=O) groups is 1. The van der Waals surface area contributed by atoms with Gasteiger partial charge in [0.2, 0.25) is 5.91 Å². The third kappa shape index (κ3) is 4.58. The van der Waals surface area contributed by atoms with Gasteiger partial charge in [0.15, 0.2) is 10.3 Å². The van der Waals surface area contributed by atoms with Crippen molar-refractivity contribution < 1.29 is 9.53 Å². The van der Waals surface area contributed by atoms with E-state index in [1.165, 1.54) is 11.3 Å². The number of ether oxygens (including phenoxy) is 1. The summed E-state index contributed by atoms with van der Waals surface area (Å²) in [5.41, 5.74) is 1.10. The zero-order valence-corrected chi connectivity index (χ0v) is 17.8. The Kier molecular flexibility index (Phi) is 5.97. The number of rotatable bonds is 6. The van der Waals surface area contributed by atoms with Crippen molar-refractivity contribution in [3.8, 4) is 23.1 Å². The monoisotopic (exact) mass is 449 g/mol. The van der Waals surface area contributed by atoms with Crippen molar-refractivity contribution >= 4 is 44.4 Å². The van der Waals surface area contributed by atoms with Crippen LogP contribution >= 0.6 is 23.1 Å². The highest BCUT2D eigenvalue weighted by Crippen LogP contribution is 2.29. The normalized spacial score (nSPS) is 10.6. The third-order valence-corrected chi connectivity index (χ3v) is 6.05. The SMILES string of the molecule is COc1ccc2nc(NC(=O)CSc3nc(-c4ccccc4)c(C#N)c(=O)[nH]3)sc2c1. The number of fused-ring (bicyclic) bond motifs is 1. The van der Waals surface area contributed by atoms with E-state index in [2.05, 4.69) is 20.3 Å². The minimum atomic E-state index is -0.542. The number of H-pyrrole nitrogens is 1. The van der Waals surface area contributed by atoms with Crippen molar-refractivity contribution in [3.05, 3.63) is 64.4 Å². The van der Waals surface area contributed by atoms with Crippen molar-refractivity contribution in [2.45, 2.75) is 5.16 Å². The van der Waals surface area contributed by atoms with Crippen molar-refractivity contribution in [3.63, 3.8) is 0 Å². The molecule has 4 aromatic rings. The van der Waals surface area contributed by atoms with Crippen LogP contribution in [0.4, 0.5) is 5.13 Å².